The lowest BCUT2D eigenvalue weighted by atomic mass is 9.96. The third-order valence-corrected chi connectivity index (χ3v) is 6.82. The molecular weight excluding hydrogens is 455 g/mol. The largest absolute Gasteiger partial charge is 0.436 e. The van der Waals surface area contributed by atoms with E-state index in [0.29, 0.717) is 46.1 Å². The summed E-state index contributed by atoms with van der Waals surface area (Å²) in [4.78, 5) is 19.6. The lowest BCUT2D eigenvalue weighted by molar-refractivity contribution is 0.0945. The molecule has 1 aliphatic heterocycles. The van der Waals surface area contributed by atoms with Crippen LogP contribution in [0.1, 0.15) is 39.9 Å². The summed E-state index contributed by atoms with van der Waals surface area (Å²) in [6.45, 7) is 3.93. The van der Waals surface area contributed by atoms with Crippen LogP contribution in [0.4, 0.5) is 10.1 Å². The van der Waals surface area contributed by atoms with Gasteiger partial charge in [0, 0.05) is 36.4 Å². The maximum atomic E-state index is 12.7. The van der Waals surface area contributed by atoms with E-state index < -0.39 is 6.67 Å². The Morgan fingerprint density at radius 3 is 2.53 bits per heavy atom. The van der Waals surface area contributed by atoms with Gasteiger partial charge in [-0.15, -0.1) is 0 Å². The van der Waals surface area contributed by atoms with E-state index in [1.807, 2.05) is 43.3 Å². The molecule has 5 rings (SSSR count). The Labute approximate surface area is 209 Å². The zero-order valence-electron chi connectivity index (χ0n) is 20.1. The van der Waals surface area contributed by atoms with Gasteiger partial charge in [0.15, 0.2) is 5.58 Å². The molecule has 2 heterocycles. The molecular formula is C29H27FN4O2. The quantitative estimate of drug-likeness (QED) is 0.376. The van der Waals surface area contributed by atoms with Crippen molar-refractivity contribution in [3.63, 3.8) is 0 Å². The minimum absolute atomic E-state index is 0.0992. The maximum Gasteiger partial charge on any atom is 0.251 e. The first-order valence-electron chi connectivity index (χ1n) is 12.1. The molecule has 1 fully saturated rings. The second-order valence-corrected chi connectivity index (χ2v) is 9.29. The van der Waals surface area contributed by atoms with Crippen LogP contribution in [0.5, 0.6) is 0 Å². The number of halogens is 1. The van der Waals surface area contributed by atoms with E-state index in [0.717, 1.165) is 42.7 Å². The molecule has 0 unspecified atom stereocenters. The van der Waals surface area contributed by atoms with E-state index >= 15 is 0 Å². The molecule has 0 saturated carbocycles. The number of hydrogen-bond acceptors (Lipinski definition) is 5. The molecule has 1 N–H and O–H groups in total. The molecule has 1 saturated heterocycles. The van der Waals surface area contributed by atoms with Crippen molar-refractivity contribution in [2.45, 2.75) is 26.4 Å². The lowest BCUT2D eigenvalue weighted by Gasteiger charge is -2.33. The number of benzene rings is 3. The number of anilines is 1. The molecule has 4 aromatic rings. The Morgan fingerprint density at radius 2 is 1.86 bits per heavy atom. The number of fused-ring (bicyclic) bond motifs is 1. The average molecular weight is 483 g/mol. The summed E-state index contributed by atoms with van der Waals surface area (Å²) in [6, 6.07) is 20.5. The van der Waals surface area contributed by atoms with Crippen LogP contribution >= 0.6 is 0 Å². The number of rotatable bonds is 6. The monoisotopic (exact) mass is 482 g/mol. The number of aromatic nitrogens is 1. The van der Waals surface area contributed by atoms with Crippen molar-refractivity contribution in [1.29, 1.82) is 5.26 Å². The van der Waals surface area contributed by atoms with Crippen molar-refractivity contribution in [2.24, 2.45) is 5.92 Å². The summed E-state index contributed by atoms with van der Waals surface area (Å²) in [6.07, 6.45) is 1.99. The fourth-order valence-electron chi connectivity index (χ4n) is 4.68. The van der Waals surface area contributed by atoms with Gasteiger partial charge in [-0.1, -0.05) is 12.1 Å². The number of aryl methyl sites for hydroxylation is 1. The predicted molar refractivity (Wildman–Crippen MR) is 137 cm³/mol. The van der Waals surface area contributed by atoms with Gasteiger partial charge in [0.2, 0.25) is 5.89 Å². The second-order valence-electron chi connectivity index (χ2n) is 9.29. The molecule has 36 heavy (non-hydrogen) atoms. The summed E-state index contributed by atoms with van der Waals surface area (Å²) in [7, 11) is 0. The van der Waals surface area contributed by atoms with Crippen LogP contribution in [0.2, 0.25) is 0 Å². The fraction of sp³-hybridized carbons (Fsp3) is 0.276. The SMILES string of the molecule is Cc1cc(C#N)cc2nc(-c3ccc(C(=O)NCC4CCN(c5ccc(CF)cc5)CC4)cc3)oc12. The number of alkyl halides is 1. The van der Waals surface area contributed by atoms with Gasteiger partial charge >= 0.3 is 0 Å². The fourth-order valence-corrected chi connectivity index (χ4v) is 4.68. The number of nitriles is 1. The standard InChI is InChI=1S/C29H27FN4O2/c1-19-14-22(17-31)15-26-27(19)36-29(33-26)24-6-4-23(5-7-24)28(35)32-18-21-10-12-34(13-11-21)25-8-2-20(16-30)3-9-25/h2-9,14-15,21H,10-13,16,18H2,1H3,(H,32,35). The van der Waals surface area contributed by atoms with Crippen molar-refractivity contribution in [3.05, 3.63) is 82.9 Å². The molecule has 1 aromatic heterocycles. The first kappa shape index (κ1) is 23.6. The molecule has 1 amide bonds. The van der Waals surface area contributed by atoms with Crippen LogP contribution in [0.15, 0.2) is 65.1 Å². The molecule has 0 atom stereocenters. The number of piperidine rings is 1. The first-order chi connectivity index (χ1) is 17.5. The highest BCUT2D eigenvalue weighted by molar-refractivity contribution is 5.94. The summed E-state index contributed by atoms with van der Waals surface area (Å²) in [5.41, 5.74) is 5.89. The highest BCUT2D eigenvalue weighted by atomic mass is 19.1. The number of amides is 1. The number of carbonyl (C=O) groups is 1. The Morgan fingerprint density at radius 1 is 1.14 bits per heavy atom. The zero-order chi connectivity index (χ0) is 25.1. The summed E-state index contributed by atoms with van der Waals surface area (Å²) >= 11 is 0. The van der Waals surface area contributed by atoms with Gasteiger partial charge in [-0.2, -0.15) is 5.26 Å². The van der Waals surface area contributed by atoms with Crippen LogP contribution < -0.4 is 10.2 Å². The third-order valence-electron chi connectivity index (χ3n) is 6.82. The van der Waals surface area contributed by atoms with Crippen molar-refractivity contribution in [3.8, 4) is 17.5 Å². The summed E-state index contributed by atoms with van der Waals surface area (Å²) < 4.78 is 18.7. The van der Waals surface area contributed by atoms with Gasteiger partial charge in [0.05, 0.1) is 11.6 Å². The van der Waals surface area contributed by atoms with Crippen molar-refractivity contribution in [2.75, 3.05) is 24.5 Å². The minimum Gasteiger partial charge on any atom is -0.436 e. The van der Waals surface area contributed by atoms with Crippen molar-refractivity contribution < 1.29 is 13.6 Å². The molecule has 182 valence electrons. The summed E-state index contributed by atoms with van der Waals surface area (Å²) in [5, 5.41) is 12.2. The van der Waals surface area contributed by atoms with Gasteiger partial charge < -0.3 is 14.6 Å². The zero-order valence-corrected chi connectivity index (χ0v) is 20.1. The number of oxazole rings is 1. The second kappa shape index (κ2) is 10.2. The van der Waals surface area contributed by atoms with Gasteiger partial charge in [-0.3, -0.25) is 4.79 Å². The third kappa shape index (κ3) is 4.94. The molecule has 3 aromatic carbocycles. The predicted octanol–water partition coefficient (Wildman–Crippen LogP) is 5.79. The van der Waals surface area contributed by atoms with E-state index in [-0.39, 0.29) is 5.91 Å². The van der Waals surface area contributed by atoms with Crippen LogP contribution in [0.3, 0.4) is 0 Å². The molecule has 0 bridgehead atoms. The highest BCUT2D eigenvalue weighted by Crippen LogP contribution is 2.28. The van der Waals surface area contributed by atoms with Crippen LogP contribution in [0.25, 0.3) is 22.6 Å². The number of hydrogen-bond donors (Lipinski definition) is 1. The molecule has 0 spiro atoms. The van der Waals surface area contributed by atoms with Gasteiger partial charge in [0.1, 0.15) is 12.2 Å². The summed E-state index contributed by atoms with van der Waals surface area (Å²) in [5.74, 6) is 0.787. The van der Waals surface area contributed by atoms with Crippen molar-refractivity contribution >= 4 is 22.7 Å². The highest BCUT2D eigenvalue weighted by Gasteiger charge is 2.20. The number of carbonyl (C=O) groups excluding carboxylic acids is 1. The van der Waals surface area contributed by atoms with E-state index in [2.05, 4.69) is 21.3 Å². The minimum atomic E-state index is -0.439. The van der Waals surface area contributed by atoms with Crippen LogP contribution in [0, 0.1) is 24.2 Å². The molecule has 6 nitrogen and oxygen atoms in total. The van der Waals surface area contributed by atoms with Gasteiger partial charge in [0.25, 0.3) is 5.91 Å². The Bertz CT molecular complexity index is 1410. The smallest absolute Gasteiger partial charge is 0.251 e. The van der Waals surface area contributed by atoms with E-state index in [1.54, 1.807) is 24.3 Å². The first-order valence-corrected chi connectivity index (χ1v) is 12.1. The number of nitrogens with one attached hydrogen (secondary N) is 1. The van der Waals surface area contributed by atoms with E-state index in [1.165, 1.54) is 0 Å². The molecule has 0 aliphatic carbocycles. The van der Waals surface area contributed by atoms with Gasteiger partial charge in [-0.05, 0) is 85.3 Å². The molecule has 1 aliphatic rings. The Balaban J connectivity index is 1.16. The van der Waals surface area contributed by atoms with E-state index in [4.69, 9.17) is 4.42 Å². The molecule has 0 radical (unpaired) electrons. The molecule has 7 heteroatoms. The topological polar surface area (TPSA) is 82.2 Å². The lowest BCUT2D eigenvalue weighted by Crippen LogP contribution is -2.38. The average Bonchev–Trinajstić information content (AvgIpc) is 3.37. The Hall–Kier alpha value is -4.18. The Kier molecular flexibility index (Phi) is 6.68. The van der Waals surface area contributed by atoms with Crippen LogP contribution in [-0.2, 0) is 6.67 Å². The normalized spacial score (nSPS) is 14.1. The number of nitrogens with zero attached hydrogens (tertiary/aromatic N) is 3. The maximum absolute atomic E-state index is 12.7. The van der Waals surface area contributed by atoms with Crippen molar-refractivity contribution in [1.82, 2.24) is 10.3 Å². The van der Waals surface area contributed by atoms with Gasteiger partial charge in [-0.25, -0.2) is 9.37 Å². The van der Waals surface area contributed by atoms with E-state index in [9.17, 15) is 14.4 Å². The van der Waals surface area contributed by atoms with Crippen LogP contribution in [-0.4, -0.2) is 30.5 Å².